The summed E-state index contributed by atoms with van der Waals surface area (Å²) in [7, 11) is 1.65. The van der Waals surface area contributed by atoms with E-state index in [0.717, 1.165) is 44.9 Å². The number of unbranched alkanes of at least 4 members (excludes halogenated alkanes) is 4. The standard InChI is InChI=1S/C32H55N3O8/c1-21(2)13-14-26-31(5,43-26)28-27(39-6)25(15-16-32(28)20-41-32)42-30(38)35-24(22(3)4)19-40-29(37)34-17-11-9-7-8-10-12-23(36)18-33/h13,22,24-28H,7-12,14-20,33H2,1-6H3,(H,34,37)(H,35,38)/t24-,25?,26+,27?,28?,31?,32-/m0/s1. The summed E-state index contributed by atoms with van der Waals surface area (Å²) in [6.45, 7) is 11.5. The van der Waals surface area contributed by atoms with E-state index in [-0.39, 0.29) is 48.6 Å². The molecule has 3 rings (SSSR count). The summed E-state index contributed by atoms with van der Waals surface area (Å²) in [5, 5.41) is 5.66. The van der Waals surface area contributed by atoms with Gasteiger partial charge in [0.25, 0.3) is 0 Å². The van der Waals surface area contributed by atoms with Gasteiger partial charge in [-0.2, -0.15) is 0 Å². The van der Waals surface area contributed by atoms with E-state index in [1.165, 1.54) is 5.57 Å². The quantitative estimate of drug-likeness (QED) is 0.116. The fourth-order valence-electron chi connectivity index (χ4n) is 6.28. The van der Waals surface area contributed by atoms with Gasteiger partial charge in [0.05, 0.1) is 31.2 Å². The molecule has 2 amide bonds. The summed E-state index contributed by atoms with van der Waals surface area (Å²) < 4.78 is 29.6. The first-order valence-corrected chi connectivity index (χ1v) is 16.0. The molecule has 1 saturated carbocycles. The van der Waals surface area contributed by atoms with Gasteiger partial charge in [0.15, 0.2) is 0 Å². The Morgan fingerprint density at radius 3 is 2.42 bits per heavy atom. The molecule has 1 spiro atoms. The molecule has 1 aliphatic carbocycles. The molecule has 3 aliphatic rings. The van der Waals surface area contributed by atoms with Crippen molar-refractivity contribution in [3.05, 3.63) is 11.6 Å². The van der Waals surface area contributed by atoms with Crippen molar-refractivity contribution in [1.29, 1.82) is 0 Å². The van der Waals surface area contributed by atoms with Crippen molar-refractivity contribution in [3.8, 4) is 0 Å². The number of allylic oxidation sites excluding steroid dienone is 1. The number of hydrogen-bond acceptors (Lipinski definition) is 9. The number of hydrogen-bond donors (Lipinski definition) is 3. The lowest BCUT2D eigenvalue weighted by Crippen LogP contribution is -2.56. The number of nitrogens with two attached hydrogens (primary N) is 1. The van der Waals surface area contributed by atoms with Gasteiger partial charge in [-0.25, -0.2) is 9.59 Å². The average Bonchev–Trinajstić information content (AvgIpc) is 3.88. The van der Waals surface area contributed by atoms with E-state index in [4.69, 9.17) is 29.4 Å². The summed E-state index contributed by atoms with van der Waals surface area (Å²) in [6, 6.07) is -0.411. The first-order valence-electron chi connectivity index (χ1n) is 16.0. The zero-order chi connectivity index (χ0) is 31.6. The van der Waals surface area contributed by atoms with E-state index in [1.54, 1.807) is 7.11 Å². The van der Waals surface area contributed by atoms with Crippen LogP contribution in [0.2, 0.25) is 0 Å². The molecule has 2 heterocycles. The van der Waals surface area contributed by atoms with E-state index >= 15 is 0 Å². The predicted octanol–water partition coefficient (Wildman–Crippen LogP) is 4.41. The van der Waals surface area contributed by atoms with Crippen LogP contribution in [0, 0.1) is 11.8 Å². The lowest BCUT2D eigenvalue weighted by molar-refractivity contribution is -0.118. The number of carbonyl (C=O) groups excluding carboxylic acids is 3. The highest BCUT2D eigenvalue weighted by molar-refractivity contribution is 5.80. The van der Waals surface area contributed by atoms with E-state index in [9.17, 15) is 14.4 Å². The van der Waals surface area contributed by atoms with Crippen molar-refractivity contribution < 1.29 is 38.1 Å². The van der Waals surface area contributed by atoms with Crippen LogP contribution in [0.4, 0.5) is 9.59 Å². The Kier molecular flexibility index (Phi) is 13.3. The molecule has 246 valence electrons. The summed E-state index contributed by atoms with van der Waals surface area (Å²) >= 11 is 0. The normalized spacial score (nSPS) is 30.0. The molecule has 0 aromatic rings. The number of alkyl carbamates (subject to hydrolysis) is 2. The van der Waals surface area contributed by atoms with Crippen molar-refractivity contribution in [3.63, 3.8) is 0 Å². The third-order valence-corrected chi connectivity index (χ3v) is 9.13. The molecule has 0 aromatic carbocycles. The number of rotatable bonds is 18. The van der Waals surface area contributed by atoms with Crippen LogP contribution in [0.15, 0.2) is 11.6 Å². The maximum absolute atomic E-state index is 13.1. The maximum Gasteiger partial charge on any atom is 0.407 e. The Morgan fingerprint density at radius 2 is 1.79 bits per heavy atom. The number of epoxide rings is 2. The zero-order valence-electron chi connectivity index (χ0n) is 27.1. The molecule has 0 radical (unpaired) electrons. The molecule has 3 fully saturated rings. The molecule has 7 atom stereocenters. The molecule has 4 N–H and O–H groups in total. The fourth-order valence-corrected chi connectivity index (χ4v) is 6.28. The van der Waals surface area contributed by atoms with Gasteiger partial charge < -0.3 is 40.1 Å². The number of carbonyl (C=O) groups is 3. The molecule has 11 nitrogen and oxygen atoms in total. The minimum atomic E-state index is -0.558. The summed E-state index contributed by atoms with van der Waals surface area (Å²) in [5.41, 5.74) is 5.87. The molecule has 2 aliphatic heterocycles. The van der Waals surface area contributed by atoms with E-state index in [0.29, 0.717) is 26.0 Å². The number of methoxy groups -OCH3 is 1. The largest absolute Gasteiger partial charge is 0.447 e. The van der Waals surface area contributed by atoms with Gasteiger partial charge in [-0.15, -0.1) is 0 Å². The SMILES string of the molecule is COC1C(OC(=O)N[C@@H](COC(=O)NCCCCCCCC(=O)CN)C(C)C)CC[C@]2(CO2)C1C1(C)O[C@@H]1CC=C(C)C. The van der Waals surface area contributed by atoms with E-state index < -0.39 is 29.9 Å². The van der Waals surface area contributed by atoms with Gasteiger partial charge in [-0.1, -0.05) is 44.8 Å². The summed E-state index contributed by atoms with van der Waals surface area (Å²) in [5.74, 6) is 0.0549. The Labute approximate surface area is 257 Å². The number of nitrogens with one attached hydrogen (secondary N) is 2. The first kappa shape index (κ1) is 35.3. The third kappa shape index (κ3) is 10.2. The summed E-state index contributed by atoms with van der Waals surface area (Å²) in [4.78, 5) is 36.5. The second kappa shape index (κ2) is 16.2. The van der Waals surface area contributed by atoms with Crippen molar-refractivity contribution in [1.82, 2.24) is 10.6 Å². The van der Waals surface area contributed by atoms with Gasteiger partial charge in [-0.3, -0.25) is 4.79 Å². The van der Waals surface area contributed by atoms with Crippen LogP contribution >= 0.6 is 0 Å². The highest BCUT2D eigenvalue weighted by atomic mass is 16.6. The second-order valence-corrected chi connectivity index (χ2v) is 13.1. The van der Waals surface area contributed by atoms with E-state index in [1.807, 2.05) is 13.8 Å². The van der Waals surface area contributed by atoms with Gasteiger partial charge in [0, 0.05) is 20.1 Å². The number of ether oxygens (including phenoxy) is 5. The molecule has 4 unspecified atom stereocenters. The second-order valence-electron chi connectivity index (χ2n) is 13.1. The van der Waals surface area contributed by atoms with Crippen LogP contribution < -0.4 is 16.4 Å². The van der Waals surface area contributed by atoms with Crippen LogP contribution in [-0.2, 0) is 28.5 Å². The Hall–Kier alpha value is -2.21. The Morgan fingerprint density at radius 1 is 1.09 bits per heavy atom. The van der Waals surface area contributed by atoms with Gasteiger partial charge in [0.2, 0.25) is 0 Å². The molecule has 2 saturated heterocycles. The average molecular weight is 610 g/mol. The van der Waals surface area contributed by atoms with Crippen molar-refractivity contribution in [2.45, 2.75) is 128 Å². The molecule has 43 heavy (non-hydrogen) atoms. The first-order chi connectivity index (χ1) is 20.5. The van der Waals surface area contributed by atoms with E-state index in [2.05, 4.69) is 37.5 Å². The van der Waals surface area contributed by atoms with Crippen LogP contribution in [0.1, 0.15) is 92.4 Å². The molecular weight excluding hydrogens is 554 g/mol. The topological polar surface area (TPSA) is 154 Å². The molecule has 0 aromatic heterocycles. The predicted molar refractivity (Wildman–Crippen MR) is 163 cm³/mol. The van der Waals surface area contributed by atoms with Crippen molar-refractivity contribution >= 4 is 18.0 Å². The molecule has 0 bridgehead atoms. The zero-order valence-corrected chi connectivity index (χ0v) is 27.1. The minimum absolute atomic E-state index is 0.0153. The smallest absolute Gasteiger partial charge is 0.407 e. The minimum Gasteiger partial charge on any atom is -0.447 e. The third-order valence-electron chi connectivity index (χ3n) is 9.13. The number of Topliss-reactive ketones (excluding diaryl/α,β-unsaturated/α-hetero) is 1. The van der Waals surface area contributed by atoms with Crippen molar-refractivity contribution in [2.24, 2.45) is 17.6 Å². The van der Waals surface area contributed by atoms with Gasteiger partial charge in [0.1, 0.15) is 35.8 Å². The summed E-state index contributed by atoms with van der Waals surface area (Å²) in [6.07, 6.45) is 7.75. The highest BCUT2D eigenvalue weighted by Gasteiger charge is 2.72. The maximum atomic E-state index is 13.1. The van der Waals surface area contributed by atoms with Gasteiger partial charge >= 0.3 is 12.2 Å². The molecular formula is C32H55N3O8. The number of amides is 2. The fraction of sp³-hybridized carbons (Fsp3) is 0.844. The highest BCUT2D eigenvalue weighted by Crippen LogP contribution is 2.59. The van der Waals surface area contributed by atoms with Gasteiger partial charge in [-0.05, 0) is 58.8 Å². The van der Waals surface area contributed by atoms with Crippen LogP contribution in [-0.4, -0.2) is 86.9 Å². The Balaban J connectivity index is 1.42. The monoisotopic (exact) mass is 609 g/mol. The molecule has 11 heteroatoms. The van der Waals surface area contributed by atoms with Crippen LogP contribution in [0.3, 0.4) is 0 Å². The van der Waals surface area contributed by atoms with Crippen LogP contribution in [0.5, 0.6) is 0 Å². The van der Waals surface area contributed by atoms with Crippen molar-refractivity contribution in [2.75, 3.05) is 33.4 Å². The van der Waals surface area contributed by atoms with Crippen LogP contribution in [0.25, 0.3) is 0 Å². The lowest BCUT2D eigenvalue weighted by Gasteiger charge is -2.42. The number of ketones is 1. The Bertz CT molecular complexity index is 964. The lowest BCUT2D eigenvalue weighted by atomic mass is 9.68.